The molecule has 0 aliphatic carbocycles. The molecule has 0 aliphatic heterocycles. The van der Waals surface area contributed by atoms with Crippen molar-refractivity contribution in [3.8, 4) is 5.75 Å². The Hall–Kier alpha value is -3.91. The number of carbonyl (C=O) groups excluding carboxylic acids is 1. The van der Waals surface area contributed by atoms with Gasteiger partial charge in [0, 0.05) is 0 Å². The largest absolute Gasteiger partial charge is 0.490 e. The van der Waals surface area contributed by atoms with Gasteiger partial charge in [-0.05, 0) is 67.8 Å². The maximum absolute atomic E-state index is 13.5. The summed E-state index contributed by atoms with van der Waals surface area (Å²) in [6, 6.07) is 19.2. The number of nitrogens with one attached hydrogen (secondary N) is 1. The van der Waals surface area contributed by atoms with E-state index < -0.39 is 22.5 Å². The van der Waals surface area contributed by atoms with Crippen LogP contribution in [0.1, 0.15) is 22.3 Å². The predicted molar refractivity (Wildman–Crippen MR) is 139 cm³/mol. The van der Waals surface area contributed by atoms with Gasteiger partial charge in [0.05, 0.1) is 16.8 Å². The van der Waals surface area contributed by atoms with Crippen LogP contribution < -0.4 is 14.5 Å². The average molecular weight is 492 g/mol. The molecule has 0 radical (unpaired) electrons. The normalized spacial score (nSPS) is 11.3. The number of hydrazone groups is 1. The highest BCUT2D eigenvalue weighted by atomic mass is 32.2. The van der Waals surface area contributed by atoms with Crippen molar-refractivity contribution in [3.05, 3.63) is 102 Å². The number of hydrogen-bond acceptors (Lipinski definition) is 5. The average Bonchev–Trinajstić information content (AvgIpc) is 2.83. The van der Waals surface area contributed by atoms with Gasteiger partial charge in [-0.3, -0.25) is 9.10 Å². The van der Waals surface area contributed by atoms with Crippen LogP contribution in [0.4, 0.5) is 5.69 Å². The Labute approximate surface area is 206 Å². The highest BCUT2D eigenvalue weighted by molar-refractivity contribution is 7.92. The van der Waals surface area contributed by atoms with Crippen molar-refractivity contribution in [1.82, 2.24) is 5.43 Å². The third kappa shape index (κ3) is 6.80. The van der Waals surface area contributed by atoms with E-state index in [9.17, 15) is 13.2 Å². The minimum Gasteiger partial charge on any atom is -0.490 e. The molecule has 8 heteroatoms. The van der Waals surface area contributed by atoms with E-state index in [0.717, 1.165) is 21.0 Å². The molecular formula is C27H29N3O4S. The molecule has 0 unspecified atom stereocenters. The summed E-state index contributed by atoms with van der Waals surface area (Å²) in [4.78, 5) is 12.9. The van der Waals surface area contributed by atoms with E-state index >= 15 is 0 Å². The molecule has 182 valence electrons. The summed E-state index contributed by atoms with van der Waals surface area (Å²) in [6.07, 6.45) is 3.11. The van der Waals surface area contributed by atoms with Crippen molar-refractivity contribution in [2.45, 2.75) is 25.7 Å². The van der Waals surface area contributed by atoms with Gasteiger partial charge in [-0.2, -0.15) is 5.10 Å². The molecule has 0 spiro atoms. The molecule has 0 atom stereocenters. The summed E-state index contributed by atoms with van der Waals surface area (Å²) in [5.41, 5.74) is 6.14. The number of sulfonamides is 1. The first-order chi connectivity index (χ1) is 16.7. The van der Waals surface area contributed by atoms with Crippen LogP contribution in [-0.2, 0) is 14.8 Å². The van der Waals surface area contributed by atoms with Crippen LogP contribution in [0.2, 0.25) is 0 Å². The van der Waals surface area contributed by atoms with Crippen molar-refractivity contribution in [3.63, 3.8) is 0 Å². The second-order valence-electron chi connectivity index (χ2n) is 8.08. The zero-order valence-corrected chi connectivity index (χ0v) is 20.9. The lowest BCUT2D eigenvalue weighted by molar-refractivity contribution is -0.119. The second-order valence-corrected chi connectivity index (χ2v) is 9.94. The fourth-order valence-corrected chi connectivity index (χ4v) is 4.79. The summed E-state index contributed by atoms with van der Waals surface area (Å²) in [5.74, 6) is 0.0716. The van der Waals surface area contributed by atoms with Gasteiger partial charge in [-0.15, -0.1) is 0 Å². The molecule has 7 nitrogen and oxygen atoms in total. The van der Waals surface area contributed by atoms with E-state index in [1.54, 1.807) is 60.7 Å². The van der Waals surface area contributed by atoms with E-state index in [-0.39, 0.29) is 4.90 Å². The minimum absolute atomic E-state index is 0.108. The van der Waals surface area contributed by atoms with Crippen LogP contribution >= 0.6 is 0 Å². The number of anilines is 1. The van der Waals surface area contributed by atoms with Crippen molar-refractivity contribution < 1.29 is 17.9 Å². The van der Waals surface area contributed by atoms with Gasteiger partial charge in [0.25, 0.3) is 15.9 Å². The lowest BCUT2D eigenvalue weighted by Crippen LogP contribution is -2.40. The summed E-state index contributed by atoms with van der Waals surface area (Å²) in [5, 5.41) is 3.99. The van der Waals surface area contributed by atoms with E-state index in [1.165, 1.54) is 6.21 Å². The lowest BCUT2D eigenvalue weighted by Gasteiger charge is -2.25. The molecule has 3 aromatic rings. The molecule has 0 bridgehead atoms. The van der Waals surface area contributed by atoms with E-state index in [0.29, 0.717) is 23.6 Å². The molecule has 0 fully saturated rings. The number of amides is 1. The number of nitrogens with zero attached hydrogens (tertiary/aromatic N) is 2. The highest BCUT2D eigenvalue weighted by Gasteiger charge is 2.28. The van der Waals surface area contributed by atoms with E-state index in [2.05, 4.69) is 17.1 Å². The topological polar surface area (TPSA) is 88.1 Å². The fraction of sp³-hybridized carbons (Fsp3) is 0.185. The molecule has 1 amide bonds. The Morgan fingerprint density at radius 1 is 1.03 bits per heavy atom. The van der Waals surface area contributed by atoms with Crippen molar-refractivity contribution in [2.75, 3.05) is 17.5 Å². The monoisotopic (exact) mass is 491 g/mol. The molecule has 0 aliphatic rings. The molecule has 0 aromatic heterocycles. The third-order valence-corrected chi connectivity index (χ3v) is 6.93. The molecule has 35 heavy (non-hydrogen) atoms. The molecule has 1 N–H and O–H groups in total. The molecular weight excluding hydrogens is 462 g/mol. The van der Waals surface area contributed by atoms with Gasteiger partial charge >= 0.3 is 0 Å². The first-order valence-electron chi connectivity index (χ1n) is 11.0. The maximum Gasteiger partial charge on any atom is 0.264 e. The van der Waals surface area contributed by atoms with Crippen LogP contribution in [0.3, 0.4) is 0 Å². The summed E-state index contributed by atoms with van der Waals surface area (Å²) in [6.45, 7) is 9.13. The lowest BCUT2D eigenvalue weighted by atomic mass is 10.1. The summed E-state index contributed by atoms with van der Waals surface area (Å²) in [7, 11) is -4.00. The number of hydrogen-bond donors (Lipinski definition) is 1. The van der Waals surface area contributed by atoms with Gasteiger partial charge in [0.2, 0.25) is 0 Å². The first kappa shape index (κ1) is 25.7. The molecule has 0 saturated carbocycles. The SMILES string of the molecule is C=CCOc1cccc(/C=N\NC(=O)CN(c2cc(C)ccc2C)S(=O)(=O)c2ccc(C)cc2)c1. The second kappa shape index (κ2) is 11.5. The standard InChI is InChI=1S/C27H29N3O4S/c1-5-15-34-24-8-6-7-23(17-24)18-28-29-27(31)19-30(26-16-21(3)9-12-22(26)4)35(32,33)25-13-10-20(2)11-14-25/h5-14,16-18H,1,15,19H2,2-4H3,(H,29,31)/b28-18-. The van der Waals surface area contributed by atoms with Gasteiger partial charge in [0.1, 0.15) is 18.9 Å². The zero-order valence-electron chi connectivity index (χ0n) is 20.1. The van der Waals surface area contributed by atoms with Gasteiger partial charge in [0.15, 0.2) is 0 Å². The number of aryl methyl sites for hydroxylation is 3. The fourth-order valence-electron chi connectivity index (χ4n) is 3.31. The zero-order chi connectivity index (χ0) is 25.4. The molecule has 3 rings (SSSR count). The smallest absolute Gasteiger partial charge is 0.264 e. The van der Waals surface area contributed by atoms with Crippen molar-refractivity contribution >= 4 is 27.8 Å². The Kier molecular flexibility index (Phi) is 8.43. The number of rotatable bonds is 10. The number of carbonyl (C=O) groups is 1. The summed E-state index contributed by atoms with van der Waals surface area (Å²) < 4.78 is 33.7. The minimum atomic E-state index is -4.00. The van der Waals surface area contributed by atoms with Crippen LogP contribution in [0.25, 0.3) is 0 Å². The molecule has 3 aromatic carbocycles. The predicted octanol–water partition coefficient (Wildman–Crippen LogP) is 4.52. The quantitative estimate of drug-likeness (QED) is 0.257. The number of ether oxygens (including phenoxy) is 1. The summed E-state index contributed by atoms with van der Waals surface area (Å²) >= 11 is 0. The molecule has 0 saturated heterocycles. The van der Waals surface area contributed by atoms with Crippen LogP contribution in [0, 0.1) is 20.8 Å². The van der Waals surface area contributed by atoms with E-state index in [4.69, 9.17) is 4.74 Å². The van der Waals surface area contributed by atoms with Crippen LogP contribution in [-0.4, -0.2) is 33.7 Å². The third-order valence-electron chi connectivity index (χ3n) is 5.16. The molecule has 0 heterocycles. The van der Waals surface area contributed by atoms with Crippen LogP contribution in [0.15, 0.2) is 89.4 Å². The Balaban J connectivity index is 1.83. The van der Waals surface area contributed by atoms with E-state index in [1.807, 2.05) is 32.9 Å². The van der Waals surface area contributed by atoms with Gasteiger partial charge < -0.3 is 4.74 Å². The van der Waals surface area contributed by atoms with Gasteiger partial charge in [-0.25, -0.2) is 13.8 Å². The number of benzene rings is 3. The maximum atomic E-state index is 13.5. The Morgan fingerprint density at radius 3 is 2.46 bits per heavy atom. The highest BCUT2D eigenvalue weighted by Crippen LogP contribution is 2.28. The first-order valence-corrected chi connectivity index (χ1v) is 12.5. The Bertz CT molecular complexity index is 1330. The van der Waals surface area contributed by atoms with Crippen molar-refractivity contribution in [2.24, 2.45) is 5.10 Å². The van der Waals surface area contributed by atoms with Crippen molar-refractivity contribution in [1.29, 1.82) is 0 Å². The Morgan fingerprint density at radius 2 is 1.74 bits per heavy atom. The van der Waals surface area contributed by atoms with Crippen LogP contribution in [0.5, 0.6) is 5.75 Å². The van der Waals surface area contributed by atoms with Gasteiger partial charge in [-0.1, -0.05) is 54.6 Å².